The predicted molar refractivity (Wildman–Crippen MR) is 107 cm³/mol. The second-order valence-corrected chi connectivity index (χ2v) is 8.48. The van der Waals surface area contributed by atoms with Gasteiger partial charge in [-0.15, -0.1) is 0 Å². The molecule has 2 aliphatic rings. The Labute approximate surface area is 178 Å². The first-order valence-electron chi connectivity index (χ1n) is 10.0. The van der Waals surface area contributed by atoms with Crippen molar-refractivity contribution >= 4 is 23.4 Å². The van der Waals surface area contributed by atoms with Crippen LogP contribution in [0.2, 0.25) is 0 Å². The summed E-state index contributed by atoms with van der Waals surface area (Å²) in [5, 5.41) is 4.87. The highest BCUT2D eigenvalue weighted by Crippen LogP contribution is 2.45. The van der Waals surface area contributed by atoms with Crippen molar-refractivity contribution in [3.05, 3.63) is 35.7 Å². The zero-order valence-electron chi connectivity index (χ0n) is 17.5. The Morgan fingerprint density at radius 3 is 2.74 bits per heavy atom. The van der Waals surface area contributed by atoms with Crippen LogP contribution in [0.4, 0.5) is 19.0 Å². The zero-order valence-corrected chi connectivity index (χ0v) is 17.5. The van der Waals surface area contributed by atoms with E-state index in [9.17, 15) is 27.6 Å². The number of pyridine rings is 1. The van der Waals surface area contributed by atoms with Crippen LogP contribution in [0.15, 0.2) is 30.1 Å². The van der Waals surface area contributed by atoms with Gasteiger partial charge in [0.2, 0.25) is 11.8 Å². The fourth-order valence-corrected chi connectivity index (χ4v) is 3.78. The van der Waals surface area contributed by atoms with Crippen molar-refractivity contribution in [3.63, 3.8) is 0 Å². The van der Waals surface area contributed by atoms with Gasteiger partial charge < -0.3 is 15.5 Å². The molecule has 0 saturated carbocycles. The molecule has 2 amide bonds. The van der Waals surface area contributed by atoms with Gasteiger partial charge in [0.1, 0.15) is 17.9 Å². The highest BCUT2D eigenvalue weighted by Gasteiger charge is 2.41. The Morgan fingerprint density at radius 1 is 1.35 bits per heavy atom. The Morgan fingerprint density at radius 2 is 2.06 bits per heavy atom. The molecule has 10 heteroatoms. The molecule has 2 N–H and O–H groups in total. The molecular weight excluding hydrogens is 413 g/mol. The summed E-state index contributed by atoms with van der Waals surface area (Å²) in [4.78, 5) is 43.8. The number of hydrogen-bond donors (Lipinski definition) is 2. The Balaban J connectivity index is 1.77. The number of nitrogens with zero attached hydrogens (tertiary/aromatic N) is 2. The van der Waals surface area contributed by atoms with Crippen molar-refractivity contribution < 1.29 is 27.6 Å². The van der Waals surface area contributed by atoms with E-state index in [1.807, 2.05) is 18.7 Å². The summed E-state index contributed by atoms with van der Waals surface area (Å²) in [6.45, 7) is 6.10. The lowest BCUT2D eigenvalue weighted by molar-refractivity contribution is -0.144. The lowest BCUT2D eigenvalue weighted by Gasteiger charge is -2.25. The van der Waals surface area contributed by atoms with Gasteiger partial charge in [-0.2, -0.15) is 13.2 Å². The Hall–Kier alpha value is -2.91. The number of ketones is 1. The molecule has 1 fully saturated rings. The van der Waals surface area contributed by atoms with E-state index in [4.69, 9.17) is 0 Å². The fraction of sp³-hybridized carbons (Fsp3) is 0.524. The number of fused-ring (bicyclic) bond motifs is 3. The number of hydrogen-bond acceptors (Lipinski definition) is 5. The van der Waals surface area contributed by atoms with E-state index in [1.165, 1.54) is 13.0 Å². The minimum Gasteiger partial charge on any atom is -0.345 e. The lowest BCUT2D eigenvalue weighted by atomic mass is 9.88. The molecule has 2 atom stereocenters. The topological polar surface area (TPSA) is 91.4 Å². The maximum atomic E-state index is 13.0. The standard InChI is InChI=1S/C21H25F3N4O3/c1-12(26-16(30)6-7-21(22,23)24)19(31)27-17-13-5-4-9-25-18(13)28-10-8-20(2,3)15(28)11-14(17)29/h4-5,9,11-12,17H,6-8,10H2,1-3H3,(H,26,30)(H,27,31)/t12-,17+/m0/s1. The van der Waals surface area contributed by atoms with Crippen LogP contribution in [-0.2, 0) is 14.4 Å². The van der Waals surface area contributed by atoms with Crippen LogP contribution < -0.4 is 15.5 Å². The molecule has 0 aliphatic carbocycles. The number of aromatic nitrogens is 1. The second-order valence-electron chi connectivity index (χ2n) is 8.48. The molecule has 168 valence electrons. The van der Waals surface area contributed by atoms with Crippen molar-refractivity contribution in [2.24, 2.45) is 5.41 Å². The number of nitrogens with one attached hydrogen (secondary N) is 2. The van der Waals surface area contributed by atoms with Crippen molar-refractivity contribution in [2.45, 2.75) is 58.3 Å². The molecule has 0 aromatic carbocycles. The summed E-state index contributed by atoms with van der Waals surface area (Å²) in [6, 6.07) is 1.25. The summed E-state index contributed by atoms with van der Waals surface area (Å²) in [6.07, 6.45) is -2.52. The van der Waals surface area contributed by atoms with Crippen molar-refractivity contribution in [2.75, 3.05) is 11.4 Å². The molecule has 0 spiro atoms. The molecular formula is C21H25F3N4O3. The van der Waals surface area contributed by atoms with Crippen LogP contribution in [0.1, 0.15) is 51.6 Å². The van der Waals surface area contributed by atoms with Crippen LogP contribution >= 0.6 is 0 Å². The van der Waals surface area contributed by atoms with Crippen LogP contribution in [0.25, 0.3) is 0 Å². The highest BCUT2D eigenvalue weighted by molar-refractivity contribution is 6.01. The van der Waals surface area contributed by atoms with E-state index in [-0.39, 0.29) is 11.2 Å². The van der Waals surface area contributed by atoms with E-state index in [2.05, 4.69) is 15.6 Å². The van der Waals surface area contributed by atoms with Crippen LogP contribution in [0.3, 0.4) is 0 Å². The minimum absolute atomic E-state index is 0.233. The van der Waals surface area contributed by atoms with E-state index in [1.54, 1.807) is 18.3 Å². The van der Waals surface area contributed by atoms with Crippen LogP contribution in [0, 0.1) is 5.41 Å². The van der Waals surface area contributed by atoms with Crippen molar-refractivity contribution in [1.82, 2.24) is 15.6 Å². The number of halogens is 3. The zero-order chi connectivity index (χ0) is 23.0. The molecule has 1 aromatic rings. The molecule has 0 bridgehead atoms. The smallest absolute Gasteiger partial charge is 0.345 e. The number of rotatable bonds is 5. The highest BCUT2D eigenvalue weighted by atomic mass is 19.4. The summed E-state index contributed by atoms with van der Waals surface area (Å²) in [5.74, 6) is -1.31. The van der Waals surface area contributed by atoms with Crippen molar-refractivity contribution in [3.8, 4) is 0 Å². The summed E-state index contributed by atoms with van der Waals surface area (Å²) >= 11 is 0. The quantitative estimate of drug-likeness (QED) is 0.738. The average Bonchev–Trinajstić information content (AvgIpc) is 2.91. The Bertz CT molecular complexity index is 927. The number of alkyl halides is 3. The molecule has 0 unspecified atom stereocenters. The van der Waals surface area contributed by atoms with E-state index >= 15 is 0 Å². The molecule has 1 saturated heterocycles. The Kier molecular flexibility index (Phi) is 6.11. The fourth-order valence-electron chi connectivity index (χ4n) is 3.78. The predicted octanol–water partition coefficient (Wildman–Crippen LogP) is 2.79. The van der Waals surface area contributed by atoms with Gasteiger partial charge in [0, 0.05) is 41.9 Å². The molecule has 3 rings (SSSR count). The van der Waals surface area contributed by atoms with Crippen LogP contribution in [-0.4, -0.2) is 41.3 Å². The van der Waals surface area contributed by atoms with Gasteiger partial charge in [0.25, 0.3) is 0 Å². The third-order valence-corrected chi connectivity index (χ3v) is 5.58. The molecule has 0 radical (unpaired) electrons. The van der Waals surface area contributed by atoms with Gasteiger partial charge in [0.05, 0.1) is 6.42 Å². The maximum absolute atomic E-state index is 13.0. The molecule has 2 aliphatic heterocycles. The number of amides is 2. The van der Waals surface area contributed by atoms with Gasteiger partial charge in [-0.1, -0.05) is 19.9 Å². The number of allylic oxidation sites excluding steroid dienone is 1. The number of carbonyl (C=O) groups is 3. The summed E-state index contributed by atoms with van der Waals surface area (Å²) < 4.78 is 36.8. The van der Waals surface area contributed by atoms with Gasteiger partial charge in [-0.3, -0.25) is 14.4 Å². The number of carbonyl (C=O) groups excluding carboxylic acids is 3. The maximum Gasteiger partial charge on any atom is 0.389 e. The molecule has 7 nitrogen and oxygen atoms in total. The largest absolute Gasteiger partial charge is 0.389 e. The van der Waals surface area contributed by atoms with Gasteiger partial charge in [0.15, 0.2) is 5.78 Å². The van der Waals surface area contributed by atoms with Gasteiger partial charge in [-0.25, -0.2) is 4.98 Å². The SMILES string of the molecule is C[C@H](NC(=O)CCC(F)(F)F)C(=O)N[C@H]1C(=O)C=C2N(CCC2(C)C)c2ncccc21. The average molecular weight is 438 g/mol. The normalized spacial score (nSPS) is 20.8. The van der Waals surface area contributed by atoms with Crippen LogP contribution in [0.5, 0.6) is 0 Å². The minimum atomic E-state index is -4.46. The first kappa shape index (κ1) is 22.8. The molecule has 31 heavy (non-hydrogen) atoms. The second kappa shape index (κ2) is 8.32. The van der Waals surface area contributed by atoms with E-state index in [0.717, 1.165) is 12.1 Å². The third-order valence-electron chi connectivity index (χ3n) is 5.58. The molecule has 1 aromatic heterocycles. The van der Waals surface area contributed by atoms with E-state index in [0.29, 0.717) is 17.9 Å². The summed E-state index contributed by atoms with van der Waals surface area (Å²) in [7, 11) is 0. The first-order chi connectivity index (χ1) is 14.4. The number of anilines is 1. The van der Waals surface area contributed by atoms with Gasteiger partial charge >= 0.3 is 6.18 Å². The molecule has 3 heterocycles. The third kappa shape index (κ3) is 5.05. The van der Waals surface area contributed by atoms with E-state index < -0.39 is 42.9 Å². The lowest BCUT2D eigenvalue weighted by Crippen LogP contribution is -2.47. The first-order valence-corrected chi connectivity index (χ1v) is 10.0. The van der Waals surface area contributed by atoms with Gasteiger partial charge in [-0.05, 0) is 19.4 Å². The van der Waals surface area contributed by atoms with Crippen molar-refractivity contribution in [1.29, 1.82) is 0 Å². The summed E-state index contributed by atoms with van der Waals surface area (Å²) in [5.41, 5.74) is 1.12. The monoisotopic (exact) mass is 438 g/mol.